The summed E-state index contributed by atoms with van der Waals surface area (Å²) in [5, 5.41) is 35.5. The molecule has 0 aliphatic heterocycles. The van der Waals surface area contributed by atoms with Crippen LogP contribution in [0.5, 0.6) is 0 Å². The Morgan fingerprint density at radius 3 is 2.10 bits per heavy atom. The topological polar surface area (TPSA) is 157 Å². The molecular weight excluding hydrogens is 640 g/mol. The van der Waals surface area contributed by atoms with Gasteiger partial charge in [0.05, 0.1) is 29.1 Å². The summed E-state index contributed by atoms with van der Waals surface area (Å²) in [6, 6.07) is 16.9. The Bertz CT molecular complexity index is 1750. The van der Waals surface area contributed by atoms with Crippen LogP contribution in [-0.2, 0) is 23.8 Å². The Balaban J connectivity index is 1.47. The van der Waals surface area contributed by atoms with Gasteiger partial charge in [-0.05, 0) is 60.6 Å². The zero-order valence-corrected chi connectivity index (χ0v) is 29.3. The van der Waals surface area contributed by atoms with Gasteiger partial charge in [-0.3, -0.25) is 9.59 Å². The number of aliphatic hydroxyl groups is 3. The first-order chi connectivity index (χ1) is 23.6. The third-order valence-electron chi connectivity index (χ3n) is 12.2. The monoisotopic (exact) mass is 686 g/mol. The van der Waals surface area contributed by atoms with Crippen LogP contribution in [0.3, 0.4) is 0 Å². The highest BCUT2D eigenvalue weighted by Crippen LogP contribution is 2.75. The fourth-order valence-electron chi connectivity index (χ4n) is 9.08. The van der Waals surface area contributed by atoms with E-state index in [9.17, 15) is 29.7 Å². The molecule has 2 saturated carbocycles. The molecule has 4 aliphatic carbocycles. The first kappa shape index (κ1) is 35.7. The van der Waals surface area contributed by atoms with Crippen molar-refractivity contribution in [3.8, 4) is 0 Å². The number of carbonyl (C=O) groups excluding carboxylic acids is 4. The van der Waals surface area contributed by atoms with Crippen LogP contribution >= 0.6 is 0 Å². The van der Waals surface area contributed by atoms with E-state index < -0.39 is 88.2 Å². The van der Waals surface area contributed by atoms with Gasteiger partial charge in [0, 0.05) is 17.3 Å². The van der Waals surface area contributed by atoms with E-state index in [2.05, 4.69) is 0 Å². The molecule has 2 aromatic carbocycles. The highest BCUT2D eigenvalue weighted by Gasteiger charge is 2.85. The molecule has 10 atom stereocenters. The molecule has 10 heteroatoms. The molecule has 6 rings (SSSR count). The highest BCUT2D eigenvalue weighted by atomic mass is 16.6. The van der Waals surface area contributed by atoms with E-state index in [0.29, 0.717) is 16.7 Å². The first-order valence-corrected chi connectivity index (χ1v) is 17.3. The van der Waals surface area contributed by atoms with Crippen LogP contribution < -0.4 is 0 Å². The van der Waals surface area contributed by atoms with Crippen molar-refractivity contribution in [1.82, 2.24) is 0 Å². The quantitative estimate of drug-likeness (QED) is 0.195. The standard InChI is InChI=1S/C40H46O10/c1-22(2)25(5)34(44)49-33-23(3)18-38-24(4)19-39(50-36(46)27-15-11-8-12-16-27)30(29(32(38)43)17-28(20-41)31(42)40(33,38)47)37(39,6)21-48-35(45)26-13-9-7-10-14-26/h7-18,22,24-25,29-31,33,41-42,47H,19-21H2,1-6H3. The molecule has 10 unspecified atom stereocenters. The average Bonchev–Trinajstić information content (AvgIpc) is 3.55. The number of carbonyl (C=O) groups is 4. The lowest BCUT2D eigenvalue weighted by molar-refractivity contribution is -0.206. The van der Waals surface area contributed by atoms with Crippen molar-refractivity contribution >= 4 is 23.7 Å². The summed E-state index contributed by atoms with van der Waals surface area (Å²) in [4.78, 5) is 55.6. The molecule has 2 fully saturated rings. The van der Waals surface area contributed by atoms with E-state index in [1.165, 1.54) is 6.08 Å². The van der Waals surface area contributed by atoms with Crippen LogP contribution in [0.1, 0.15) is 68.7 Å². The zero-order chi connectivity index (χ0) is 36.4. The summed E-state index contributed by atoms with van der Waals surface area (Å²) in [7, 11) is 0. The normalized spacial score (nSPS) is 36.1. The number of hydrogen-bond donors (Lipinski definition) is 3. The van der Waals surface area contributed by atoms with Crippen molar-refractivity contribution in [2.45, 2.75) is 71.4 Å². The van der Waals surface area contributed by atoms with E-state index in [-0.39, 0.29) is 24.5 Å². The number of benzene rings is 2. The van der Waals surface area contributed by atoms with Gasteiger partial charge < -0.3 is 29.5 Å². The van der Waals surface area contributed by atoms with Gasteiger partial charge in [0.2, 0.25) is 0 Å². The number of ether oxygens (including phenoxy) is 3. The Morgan fingerprint density at radius 2 is 1.54 bits per heavy atom. The number of esters is 3. The van der Waals surface area contributed by atoms with E-state index in [0.717, 1.165) is 0 Å². The summed E-state index contributed by atoms with van der Waals surface area (Å²) in [6.45, 7) is 9.74. The van der Waals surface area contributed by atoms with E-state index in [1.54, 1.807) is 94.4 Å². The average molecular weight is 687 g/mol. The minimum absolute atomic E-state index is 0.0262. The molecule has 0 radical (unpaired) electrons. The molecule has 0 saturated heterocycles. The van der Waals surface area contributed by atoms with Crippen LogP contribution in [-0.4, -0.2) is 75.6 Å². The predicted octanol–water partition coefficient (Wildman–Crippen LogP) is 4.47. The second-order valence-corrected chi connectivity index (χ2v) is 15.2. The molecule has 10 nitrogen and oxygen atoms in total. The summed E-state index contributed by atoms with van der Waals surface area (Å²) in [6.07, 6.45) is -0.0805. The zero-order valence-electron chi connectivity index (χ0n) is 29.3. The molecule has 0 amide bonds. The van der Waals surface area contributed by atoms with Crippen LogP contribution in [0.4, 0.5) is 0 Å². The lowest BCUT2D eigenvalue weighted by atomic mass is 9.58. The fourth-order valence-corrected chi connectivity index (χ4v) is 9.08. The number of ketones is 1. The maximum absolute atomic E-state index is 15.2. The van der Waals surface area contributed by atoms with E-state index in [1.807, 2.05) is 13.8 Å². The van der Waals surface area contributed by atoms with Gasteiger partial charge >= 0.3 is 17.9 Å². The van der Waals surface area contributed by atoms with Crippen LogP contribution in [0.15, 0.2) is 84.0 Å². The van der Waals surface area contributed by atoms with Gasteiger partial charge in [-0.25, -0.2) is 9.59 Å². The smallest absolute Gasteiger partial charge is 0.338 e. The van der Waals surface area contributed by atoms with Gasteiger partial charge in [-0.15, -0.1) is 0 Å². The van der Waals surface area contributed by atoms with Crippen molar-refractivity contribution < 1.29 is 48.7 Å². The second kappa shape index (κ2) is 12.6. The van der Waals surface area contributed by atoms with Crippen molar-refractivity contribution in [2.24, 2.45) is 40.4 Å². The number of hydrogen-bond acceptors (Lipinski definition) is 10. The third-order valence-corrected chi connectivity index (χ3v) is 12.2. The van der Waals surface area contributed by atoms with Gasteiger partial charge in [0.15, 0.2) is 17.5 Å². The van der Waals surface area contributed by atoms with Crippen LogP contribution in [0, 0.1) is 40.4 Å². The Hall–Kier alpha value is -4.12. The molecule has 1 spiro atoms. The molecule has 3 N–H and O–H groups in total. The lowest BCUT2D eigenvalue weighted by Crippen LogP contribution is -2.66. The van der Waals surface area contributed by atoms with Crippen LogP contribution in [0.2, 0.25) is 0 Å². The van der Waals surface area contributed by atoms with Crippen LogP contribution in [0.25, 0.3) is 0 Å². The Morgan fingerprint density at radius 1 is 0.960 bits per heavy atom. The van der Waals surface area contributed by atoms with Gasteiger partial charge in [-0.1, -0.05) is 83.2 Å². The van der Waals surface area contributed by atoms with Gasteiger partial charge in [-0.2, -0.15) is 0 Å². The summed E-state index contributed by atoms with van der Waals surface area (Å²) < 4.78 is 18.3. The van der Waals surface area contributed by atoms with E-state index >= 15 is 4.79 Å². The van der Waals surface area contributed by atoms with Crippen molar-refractivity contribution in [1.29, 1.82) is 0 Å². The minimum atomic E-state index is -2.39. The molecule has 4 aliphatic rings. The number of Topliss-reactive ketones (excluding diaryl/α,β-unsaturated/α-hetero) is 1. The predicted molar refractivity (Wildman–Crippen MR) is 181 cm³/mol. The Labute approximate surface area is 292 Å². The minimum Gasteiger partial charge on any atom is -0.461 e. The van der Waals surface area contributed by atoms with Gasteiger partial charge in [0.1, 0.15) is 18.3 Å². The number of allylic oxidation sites excluding steroid dienone is 1. The molecule has 0 aromatic heterocycles. The molecule has 266 valence electrons. The van der Waals surface area contributed by atoms with Crippen molar-refractivity contribution in [3.63, 3.8) is 0 Å². The summed E-state index contributed by atoms with van der Waals surface area (Å²) >= 11 is 0. The molecule has 50 heavy (non-hydrogen) atoms. The van der Waals surface area contributed by atoms with E-state index in [4.69, 9.17) is 14.2 Å². The first-order valence-electron chi connectivity index (χ1n) is 17.3. The van der Waals surface area contributed by atoms with Crippen molar-refractivity contribution in [2.75, 3.05) is 13.2 Å². The summed E-state index contributed by atoms with van der Waals surface area (Å²) in [5.74, 6) is -5.56. The number of fused-ring (bicyclic) bond motifs is 3. The Kier molecular flexibility index (Phi) is 8.98. The second-order valence-electron chi connectivity index (χ2n) is 15.2. The maximum atomic E-state index is 15.2. The maximum Gasteiger partial charge on any atom is 0.338 e. The third kappa shape index (κ3) is 5.01. The van der Waals surface area contributed by atoms with Crippen molar-refractivity contribution in [3.05, 3.63) is 95.1 Å². The lowest BCUT2D eigenvalue weighted by Gasteiger charge is -2.49. The fraction of sp³-hybridized carbons (Fsp3) is 0.500. The highest BCUT2D eigenvalue weighted by molar-refractivity contribution is 5.97. The molecule has 2 bridgehead atoms. The number of rotatable bonds is 9. The molecular formula is C40H46O10. The molecule has 0 heterocycles. The number of aliphatic hydroxyl groups excluding tert-OH is 2. The van der Waals surface area contributed by atoms with Gasteiger partial charge in [0.25, 0.3) is 0 Å². The molecule has 2 aromatic rings. The SMILES string of the molecule is CC1=CC23C(=O)C(C=C(CO)C(O)C2(O)C1OC(=O)C(C)C(C)C)C1C(C)(COC(=O)c2ccccc2)C1(OC(=O)c1ccccc1)CC3C. The largest absolute Gasteiger partial charge is 0.461 e. The summed E-state index contributed by atoms with van der Waals surface area (Å²) in [5.41, 5.74) is -5.66.